The van der Waals surface area contributed by atoms with E-state index in [1.165, 1.54) is 31.4 Å². The Labute approximate surface area is 167 Å². The van der Waals surface area contributed by atoms with Crippen LogP contribution in [0.25, 0.3) is 0 Å². The molecule has 0 saturated heterocycles. The molecule has 1 saturated carbocycles. The van der Waals surface area contributed by atoms with E-state index in [0.717, 1.165) is 37.1 Å². The number of halogens is 1. The molecule has 24 heavy (non-hydrogen) atoms. The lowest BCUT2D eigenvalue weighted by molar-refractivity contribution is 0.0574. The Bertz CT molecular complexity index is 487. The minimum atomic E-state index is 0. The number of hydrogen-bond acceptors (Lipinski definition) is 4. The summed E-state index contributed by atoms with van der Waals surface area (Å²) in [4.78, 5) is 8.87. The summed E-state index contributed by atoms with van der Waals surface area (Å²) in [5, 5.41) is 9.88. The molecule has 1 aromatic rings. The number of aromatic nitrogens is 1. The van der Waals surface area contributed by atoms with E-state index in [2.05, 4.69) is 39.8 Å². The van der Waals surface area contributed by atoms with Gasteiger partial charge in [0.2, 0.25) is 0 Å². The smallest absolute Gasteiger partial charge is 0.191 e. The Morgan fingerprint density at radius 1 is 1.38 bits per heavy atom. The van der Waals surface area contributed by atoms with E-state index in [9.17, 15) is 0 Å². The average Bonchev–Trinajstić information content (AvgIpc) is 3.21. The van der Waals surface area contributed by atoms with Crippen molar-refractivity contribution in [3.05, 3.63) is 16.1 Å². The highest BCUT2D eigenvalue weighted by Crippen LogP contribution is 2.20. The van der Waals surface area contributed by atoms with Crippen molar-refractivity contribution in [2.45, 2.75) is 64.5 Å². The number of aliphatic imine (C=N–C) groups is 1. The number of nitrogens with one attached hydrogen (secondary N) is 2. The number of guanidine groups is 1. The van der Waals surface area contributed by atoms with Crippen LogP contribution in [0.2, 0.25) is 0 Å². The van der Waals surface area contributed by atoms with Crippen LogP contribution in [0, 0.1) is 0 Å². The molecular formula is C17H31IN4OS. The summed E-state index contributed by atoms with van der Waals surface area (Å²) in [7, 11) is 1.80. The Morgan fingerprint density at radius 2 is 2.12 bits per heavy atom. The van der Waals surface area contributed by atoms with Gasteiger partial charge in [-0.15, -0.1) is 35.3 Å². The molecule has 1 aromatic heterocycles. The lowest BCUT2D eigenvalue weighted by Crippen LogP contribution is -2.37. The molecule has 0 aromatic carbocycles. The highest BCUT2D eigenvalue weighted by molar-refractivity contribution is 14.0. The summed E-state index contributed by atoms with van der Waals surface area (Å²) >= 11 is 1.70. The zero-order valence-electron chi connectivity index (χ0n) is 15.0. The van der Waals surface area contributed by atoms with Gasteiger partial charge >= 0.3 is 0 Å². The first-order valence-electron chi connectivity index (χ1n) is 8.69. The third-order valence-electron chi connectivity index (χ3n) is 4.06. The van der Waals surface area contributed by atoms with Gasteiger partial charge in [0.05, 0.1) is 18.3 Å². The maximum absolute atomic E-state index is 5.86. The van der Waals surface area contributed by atoms with Gasteiger partial charge < -0.3 is 15.4 Å². The minimum absolute atomic E-state index is 0. The first-order chi connectivity index (χ1) is 11.2. The van der Waals surface area contributed by atoms with E-state index in [1.54, 1.807) is 18.4 Å². The molecule has 0 atom stereocenters. The van der Waals surface area contributed by atoms with Gasteiger partial charge in [-0.1, -0.05) is 26.7 Å². The molecule has 1 fully saturated rings. The van der Waals surface area contributed by atoms with Gasteiger partial charge in [0.1, 0.15) is 5.01 Å². The number of nitrogens with zero attached hydrogens (tertiary/aromatic N) is 2. The van der Waals surface area contributed by atoms with Crippen LogP contribution < -0.4 is 10.6 Å². The second-order valence-electron chi connectivity index (χ2n) is 6.30. The van der Waals surface area contributed by atoms with Crippen molar-refractivity contribution in [2.75, 3.05) is 20.2 Å². The van der Waals surface area contributed by atoms with Crippen molar-refractivity contribution >= 4 is 41.3 Å². The Kier molecular flexibility index (Phi) is 10.8. The summed E-state index contributed by atoms with van der Waals surface area (Å²) in [5.41, 5.74) is 1.17. The zero-order chi connectivity index (χ0) is 16.5. The molecule has 0 unspecified atom stereocenters. The van der Waals surface area contributed by atoms with Crippen LogP contribution in [0.1, 0.15) is 62.6 Å². The Morgan fingerprint density at radius 3 is 2.75 bits per heavy atom. The van der Waals surface area contributed by atoms with Crippen LogP contribution >= 0.6 is 35.3 Å². The predicted molar refractivity (Wildman–Crippen MR) is 113 cm³/mol. The summed E-state index contributed by atoms with van der Waals surface area (Å²) in [6.07, 6.45) is 6.65. The van der Waals surface area contributed by atoms with Crippen molar-refractivity contribution in [2.24, 2.45) is 4.99 Å². The first-order valence-corrected chi connectivity index (χ1v) is 9.57. The fourth-order valence-corrected chi connectivity index (χ4v) is 3.53. The number of rotatable bonds is 8. The summed E-state index contributed by atoms with van der Waals surface area (Å²) in [6, 6.07) is 0. The molecule has 1 heterocycles. The third kappa shape index (κ3) is 7.65. The van der Waals surface area contributed by atoms with E-state index in [4.69, 9.17) is 4.74 Å². The molecule has 5 nitrogen and oxygen atoms in total. The van der Waals surface area contributed by atoms with Crippen LogP contribution in [-0.2, 0) is 11.3 Å². The quantitative estimate of drug-likeness (QED) is 0.264. The van der Waals surface area contributed by atoms with Gasteiger partial charge in [-0.25, -0.2) is 4.98 Å². The van der Waals surface area contributed by atoms with E-state index in [1.807, 2.05) is 0 Å². The highest BCUT2D eigenvalue weighted by Gasteiger charge is 2.14. The van der Waals surface area contributed by atoms with Crippen LogP contribution in [0.4, 0.5) is 0 Å². The molecule has 138 valence electrons. The molecule has 2 rings (SSSR count). The van der Waals surface area contributed by atoms with Crippen molar-refractivity contribution in [3.63, 3.8) is 0 Å². The number of thiazole rings is 1. The average molecular weight is 466 g/mol. The molecule has 2 N–H and O–H groups in total. The molecule has 1 aliphatic carbocycles. The molecule has 0 bridgehead atoms. The molecule has 0 aliphatic heterocycles. The van der Waals surface area contributed by atoms with Gasteiger partial charge in [0.25, 0.3) is 0 Å². The van der Waals surface area contributed by atoms with Crippen molar-refractivity contribution in [1.82, 2.24) is 15.6 Å². The monoisotopic (exact) mass is 466 g/mol. The Balaban J connectivity index is 0.00000288. The van der Waals surface area contributed by atoms with Crippen LogP contribution in [0.15, 0.2) is 10.4 Å². The van der Waals surface area contributed by atoms with Crippen LogP contribution in [0.3, 0.4) is 0 Å². The van der Waals surface area contributed by atoms with E-state index < -0.39 is 0 Å². The van der Waals surface area contributed by atoms with Gasteiger partial charge in [-0.3, -0.25) is 4.99 Å². The number of hydrogen-bond donors (Lipinski definition) is 2. The number of ether oxygens (including phenoxy) is 1. The lowest BCUT2D eigenvalue weighted by Gasteiger charge is -2.13. The summed E-state index contributed by atoms with van der Waals surface area (Å²) in [6.45, 7) is 6.76. The predicted octanol–water partition coefficient (Wildman–Crippen LogP) is 3.90. The van der Waals surface area contributed by atoms with Crippen molar-refractivity contribution < 1.29 is 4.74 Å². The molecule has 0 radical (unpaired) electrons. The maximum Gasteiger partial charge on any atom is 0.191 e. The van der Waals surface area contributed by atoms with Crippen LogP contribution in [-0.4, -0.2) is 37.2 Å². The van der Waals surface area contributed by atoms with E-state index in [-0.39, 0.29) is 24.0 Å². The van der Waals surface area contributed by atoms with Gasteiger partial charge in [0.15, 0.2) is 5.96 Å². The molecule has 0 spiro atoms. The highest BCUT2D eigenvalue weighted by atomic mass is 127. The van der Waals surface area contributed by atoms with E-state index in [0.29, 0.717) is 12.0 Å². The second-order valence-corrected chi connectivity index (χ2v) is 7.25. The summed E-state index contributed by atoms with van der Waals surface area (Å²) < 4.78 is 5.86. The fourth-order valence-electron chi connectivity index (χ4n) is 2.64. The lowest BCUT2D eigenvalue weighted by atomic mass is 10.2. The standard InChI is InChI=1S/C17H30N4OS.HI/c1-13(2)15-12-23-16(21-15)11-20-17(18-3)19-9-6-10-22-14-7-4-5-8-14;/h12-14H,4-11H2,1-3H3,(H2,18,19,20);1H. The van der Waals surface area contributed by atoms with Gasteiger partial charge in [0, 0.05) is 25.6 Å². The van der Waals surface area contributed by atoms with Gasteiger partial charge in [-0.2, -0.15) is 0 Å². The van der Waals surface area contributed by atoms with Gasteiger partial charge in [-0.05, 0) is 25.2 Å². The van der Waals surface area contributed by atoms with E-state index >= 15 is 0 Å². The normalized spacial score (nSPS) is 15.6. The molecule has 1 aliphatic rings. The largest absolute Gasteiger partial charge is 0.378 e. The first kappa shape index (κ1) is 21.6. The topological polar surface area (TPSA) is 58.5 Å². The fraction of sp³-hybridized carbons (Fsp3) is 0.765. The molecular weight excluding hydrogens is 435 g/mol. The second kappa shape index (κ2) is 12.0. The molecule has 7 heteroatoms. The zero-order valence-corrected chi connectivity index (χ0v) is 18.2. The molecule has 0 amide bonds. The van der Waals surface area contributed by atoms with Crippen molar-refractivity contribution in [3.8, 4) is 0 Å². The minimum Gasteiger partial charge on any atom is -0.378 e. The third-order valence-corrected chi connectivity index (χ3v) is 4.93. The maximum atomic E-state index is 5.86. The SMILES string of the molecule is CN=C(NCCCOC1CCCC1)NCc1nc(C(C)C)cs1.I. The Hall–Kier alpha value is -0.410. The summed E-state index contributed by atoms with van der Waals surface area (Å²) in [5.74, 6) is 1.31. The van der Waals surface area contributed by atoms with Crippen LogP contribution in [0.5, 0.6) is 0 Å². The van der Waals surface area contributed by atoms with Crippen molar-refractivity contribution in [1.29, 1.82) is 0 Å².